The highest BCUT2D eigenvalue weighted by Gasteiger charge is 2.26. The van der Waals surface area contributed by atoms with E-state index in [4.69, 9.17) is 16.7 Å². The smallest absolute Gasteiger partial charge is 0.356 e. The number of halogens is 1. The van der Waals surface area contributed by atoms with Gasteiger partial charge in [-0.1, -0.05) is 41.9 Å². The average Bonchev–Trinajstić information content (AvgIpc) is 2.63. The number of pyridine rings is 1. The summed E-state index contributed by atoms with van der Waals surface area (Å²) in [6.07, 6.45) is 1.99. The summed E-state index contributed by atoms with van der Waals surface area (Å²) in [5.41, 5.74) is 1.02. The van der Waals surface area contributed by atoms with Gasteiger partial charge in [0.25, 0.3) is 0 Å². The standard InChI is InChI=1S/C19H21ClN2O3/c20-15-6-7-17(21-18(15)19(24)25)22-10-8-14(9-11-22)16(23)12-13-4-2-1-3-5-13/h1-7,14,16,23H,8-12H2,(H,24,25). The van der Waals surface area contributed by atoms with Gasteiger partial charge >= 0.3 is 5.97 Å². The predicted octanol–water partition coefficient (Wildman–Crippen LogP) is 3.25. The van der Waals surface area contributed by atoms with Gasteiger partial charge in [0, 0.05) is 13.1 Å². The van der Waals surface area contributed by atoms with Crippen LogP contribution in [-0.4, -0.2) is 40.4 Å². The van der Waals surface area contributed by atoms with E-state index in [0.717, 1.165) is 31.5 Å². The molecule has 5 nitrogen and oxygen atoms in total. The molecule has 0 aliphatic carbocycles. The fourth-order valence-electron chi connectivity index (χ4n) is 3.29. The lowest BCUT2D eigenvalue weighted by atomic mass is 9.88. The number of aromatic nitrogens is 1. The number of aliphatic hydroxyl groups excluding tert-OH is 1. The molecule has 0 bridgehead atoms. The maximum Gasteiger partial charge on any atom is 0.356 e. The number of anilines is 1. The van der Waals surface area contributed by atoms with Gasteiger partial charge in [-0.25, -0.2) is 9.78 Å². The molecule has 2 N–H and O–H groups in total. The summed E-state index contributed by atoms with van der Waals surface area (Å²) >= 11 is 5.88. The Hall–Kier alpha value is -2.11. The van der Waals surface area contributed by atoms with Crippen LogP contribution in [0, 0.1) is 5.92 Å². The van der Waals surface area contributed by atoms with Gasteiger partial charge in [-0.15, -0.1) is 0 Å². The van der Waals surface area contributed by atoms with Crippen LogP contribution in [0.1, 0.15) is 28.9 Å². The monoisotopic (exact) mass is 360 g/mol. The molecule has 2 heterocycles. The minimum atomic E-state index is -1.12. The highest BCUT2D eigenvalue weighted by atomic mass is 35.5. The number of piperidine rings is 1. The van der Waals surface area contributed by atoms with Gasteiger partial charge in [-0.05, 0) is 42.9 Å². The van der Waals surface area contributed by atoms with Gasteiger partial charge in [-0.2, -0.15) is 0 Å². The van der Waals surface area contributed by atoms with E-state index in [2.05, 4.69) is 9.88 Å². The Bertz CT molecular complexity index is 731. The fourth-order valence-corrected chi connectivity index (χ4v) is 3.48. The van der Waals surface area contributed by atoms with E-state index in [-0.39, 0.29) is 22.7 Å². The lowest BCUT2D eigenvalue weighted by Gasteiger charge is -2.35. The average molecular weight is 361 g/mol. The van der Waals surface area contributed by atoms with Gasteiger partial charge < -0.3 is 15.1 Å². The first-order valence-electron chi connectivity index (χ1n) is 8.41. The van der Waals surface area contributed by atoms with Crippen LogP contribution in [0.4, 0.5) is 5.82 Å². The normalized spacial score (nSPS) is 16.6. The van der Waals surface area contributed by atoms with Gasteiger partial charge in [0.2, 0.25) is 0 Å². The van der Waals surface area contributed by atoms with E-state index in [0.29, 0.717) is 12.2 Å². The first-order chi connectivity index (χ1) is 12.0. The number of aromatic carboxylic acids is 1. The molecular weight excluding hydrogens is 340 g/mol. The van der Waals surface area contributed by atoms with Crippen molar-refractivity contribution in [1.82, 2.24) is 4.98 Å². The lowest BCUT2D eigenvalue weighted by molar-refractivity contribution is 0.0691. The summed E-state index contributed by atoms with van der Waals surface area (Å²) in [5, 5.41) is 19.8. The summed E-state index contributed by atoms with van der Waals surface area (Å²) in [5.74, 6) is -0.263. The Morgan fingerprint density at radius 3 is 2.52 bits per heavy atom. The van der Waals surface area contributed by atoms with Crippen molar-refractivity contribution in [3.05, 3.63) is 58.7 Å². The number of hydrogen-bond donors (Lipinski definition) is 2. The molecule has 132 valence electrons. The maximum atomic E-state index is 11.2. The minimum absolute atomic E-state index is 0.120. The summed E-state index contributed by atoms with van der Waals surface area (Å²) in [6, 6.07) is 13.3. The lowest BCUT2D eigenvalue weighted by Crippen LogP contribution is -2.39. The number of aliphatic hydroxyl groups is 1. The quantitative estimate of drug-likeness (QED) is 0.856. The molecule has 0 amide bonds. The van der Waals surface area contributed by atoms with Crippen molar-refractivity contribution in [2.45, 2.75) is 25.4 Å². The Morgan fingerprint density at radius 1 is 1.20 bits per heavy atom. The van der Waals surface area contributed by atoms with E-state index in [1.807, 2.05) is 30.3 Å². The SMILES string of the molecule is O=C(O)c1nc(N2CCC(C(O)Cc3ccccc3)CC2)ccc1Cl. The van der Waals surface area contributed by atoms with E-state index in [9.17, 15) is 9.90 Å². The van der Waals surface area contributed by atoms with Crippen LogP contribution in [0.15, 0.2) is 42.5 Å². The molecule has 0 radical (unpaired) electrons. The van der Waals surface area contributed by atoms with E-state index >= 15 is 0 Å². The van der Waals surface area contributed by atoms with E-state index in [1.165, 1.54) is 0 Å². The summed E-state index contributed by atoms with van der Waals surface area (Å²) < 4.78 is 0. The molecule has 2 aromatic rings. The number of carbonyl (C=O) groups is 1. The van der Waals surface area contributed by atoms with Gasteiger partial charge in [-0.3, -0.25) is 0 Å². The van der Waals surface area contributed by atoms with Crippen molar-refractivity contribution >= 4 is 23.4 Å². The van der Waals surface area contributed by atoms with Crippen molar-refractivity contribution in [3.63, 3.8) is 0 Å². The Morgan fingerprint density at radius 2 is 1.88 bits per heavy atom. The number of benzene rings is 1. The van der Waals surface area contributed by atoms with Crippen LogP contribution in [0.3, 0.4) is 0 Å². The number of nitrogens with zero attached hydrogens (tertiary/aromatic N) is 2. The summed E-state index contributed by atoms with van der Waals surface area (Å²) in [7, 11) is 0. The summed E-state index contributed by atoms with van der Waals surface area (Å²) in [6.45, 7) is 1.48. The molecule has 1 fully saturated rings. The minimum Gasteiger partial charge on any atom is -0.476 e. The number of hydrogen-bond acceptors (Lipinski definition) is 4. The van der Waals surface area contributed by atoms with Crippen LogP contribution in [0.25, 0.3) is 0 Å². The second-order valence-corrected chi connectivity index (χ2v) is 6.79. The Kier molecular flexibility index (Phi) is 5.56. The highest BCUT2D eigenvalue weighted by molar-refractivity contribution is 6.33. The second-order valence-electron chi connectivity index (χ2n) is 6.39. The van der Waals surface area contributed by atoms with Crippen molar-refractivity contribution in [2.75, 3.05) is 18.0 Å². The zero-order valence-electron chi connectivity index (χ0n) is 13.8. The van der Waals surface area contributed by atoms with Crippen molar-refractivity contribution in [3.8, 4) is 0 Å². The molecule has 1 unspecified atom stereocenters. The van der Waals surface area contributed by atoms with Crippen LogP contribution >= 0.6 is 11.6 Å². The third-order valence-corrected chi connectivity index (χ3v) is 5.03. The summed E-state index contributed by atoms with van der Waals surface area (Å²) in [4.78, 5) is 17.4. The highest BCUT2D eigenvalue weighted by Crippen LogP contribution is 2.27. The molecule has 3 rings (SSSR count). The number of rotatable bonds is 5. The maximum absolute atomic E-state index is 11.2. The van der Waals surface area contributed by atoms with Crippen molar-refractivity contribution in [2.24, 2.45) is 5.92 Å². The second kappa shape index (κ2) is 7.85. The van der Waals surface area contributed by atoms with Crippen LogP contribution in [-0.2, 0) is 6.42 Å². The first-order valence-corrected chi connectivity index (χ1v) is 8.79. The van der Waals surface area contributed by atoms with Crippen LogP contribution in [0.5, 0.6) is 0 Å². The molecule has 0 spiro atoms. The third-order valence-electron chi connectivity index (χ3n) is 4.73. The Labute approximate surface area is 151 Å². The molecule has 25 heavy (non-hydrogen) atoms. The topological polar surface area (TPSA) is 73.7 Å². The molecule has 1 aromatic carbocycles. The van der Waals surface area contributed by atoms with Crippen LogP contribution in [0.2, 0.25) is 5.02 Å². The van der Waals surface area contributed by atoms with Gasteiger partial charge in [0.05, 0.1) is 11.1 Å². The zero-order valence-corrected chi connectivity index (χ0v) is 14.6. The molecule has 1 aliphatic rings. The predicted molar refractivity (Wildman–Crippen MR) is 97.3 cm³/mol. The molecule has 6 heteroatoms. The third kappa shape index (κ3) is 4.30. The Balaban J connectivity index is 1.60. The number of carboxylic acid groups (broad SMARTS) is 1. The molecule has 1 atom stereocenters. The molecule has 0 saturated carbocycles. The molecular formula is C19H21ClN2O3. The molecule has 1 aromatic heterocycles. The molecule has 1 aliphatic heterocycles. The van der Waals surface area contributed by atoms with E-state index < -0.39 is 5.97 Å². The van der Waals surface area contributed by atoms with E-state index in [1.54, 1.807) is 12.1 Å². The fraction of sp³-hybridized carbons (Fsp3) is 0.368. The zero-order chi connectivity index (χ0) is 17.8. The van der Waals surface area contributed by atoms with Crippen LogP contribution < -0.4 is 4.90 Å². The number of carboxylic acids is 1. The van der Waals surface area contributed by atoms with Gasteiger partial charge in [0.15, 0.2) is 5.69 Å². The first kappa shape index (κ1) is 17.7. The van der Waals surface area contributed by atoms with Gasteiger partial charge in [0.1, 0.15) is 5.82 Å². The molecule has 1 saturated heterocycles. The largest absolute Gasteiger partial charge is 0.476 e. The van der Waals surface area contributed by atoms with Crippen molar-refractivity contribution < 1.29 is 15.0 Å². The van der Waals surface area contributed by atoms with Crippen molar-refractivity contribution in [1.29, 1.82) is 0 Å².